The zero-order valence-electron chi connectivity index (χ0n) is 16.0. The predicted molar refractivity (Wildman–Crippen MR) is 102 cm³/mol. The maximum atomic E-state index is 6.97. The molecule has 0 bridgehead atoms. The average Bonchev–Trinajstić information content (AvgIpc) is 2.99. The molecule has 0 aliphatic rings. The zero-order chi connectivity index (χ0) is 17.5. The Morgan fingerprint density at radius 2 is 1.70 bits per heavy atom. The summed E-state index contributed by atoms with van der Waals surface area (Å²) >= 11 is 0. The standard InChI is InChI=1S/C20H36O2Si/c1-8-9-10-11-13-20(19-14-12-15-21-19)22-23(16(2)3,17(4)5)18(6)7/h8,12,14-18,20H,1,9-11,13H2,2-7H3. The molecule has 1 rings (SSSR count). The van der Waals surface area contributed by atoms with Gasteiger partial charge in [0.1, 0.15) is 11.9 Å². The van der Waals surface area contributed by atoms with Crippen LogP contribution in [-0.2, 0) is 4.43 Å². The van der Waals surface area contributed by atoms with E-state index >= 15 is 0 Å². The smallest absolute Gasteiger partial charge is 0.201 e. The van der Waals surface area contributed by atoms with Crippen molar-refractivity contribution in [1.29, 1.82) is 0 Å². The van der Waals surface area contributed by atoms with Crippen LogP contribution in [-0.4, -0.2) is 8.32 Å². The summed E-state index contributed by atoms with van der Waals surface area (Å²) in [5, 5.41) is 0. The SMILES string of the molecule is C=CCCCCC(O[Si](C(C)C)(C(C)C)C(C)C)c1ccco1. The fraction of sp³-hybridized carbons (Fsp3) is 0.700. The molecule has 0 fully saturated rings. The Balaban J connectivity index is 2.98. The van der Waals surface area contributed by atoms with Gasteiger partial charge in [-0.1, -0.05) is 54.0 Å². The van der Waals surface area contributed by atoms with Crippen LogP contribution in [0.2, 0.25) is 16.6 Å². The molecule has 1 aromatic rings. The average molecular weight is 337 g/mol. The highest BCUT2D eigenvalue weighted by molar-refractivity contribution is 6.77. The summed E-state index contributed by atoms with van der Waals surface area (Å²) in [5.41, 5.74) is 1.77. The van der Waals surface area contributed by atoms with E-state index in [2.05, 4.69) is 54.2 Å². The van der Waals surface area contributed by atoms with Gasteiger partial charge in [-0.3, -0.25) is 0 Å². The molecule has 2 nitrogen and oxygen atoms in total. The van der Waals surface area contributed by atoms with Crippen LogP contribution in [0.3, 0.4) is 0 Å². The van der Waals surface area contributed by atoms with Crippen LogP contribution in [0.15, 0.2) is 35.5 Å². The van der Waals surface area contributed by atoms with Crippen molar-refractivity contribution in [1.82, 2.24) is 0 Å². The van der Waals surface area contributed by atoms with Crippen molar-refractivity contribution in [2.24, 2.45) is 0 Å². The molecule has 1 aromatic heterocycles. The van der Waals surface area contributed by atoms with E-state index < -0.39 is 8.32 Å². The molecule has 0 aliphatic carbocycles. The van der Waals surface area contributed by atoms with E-state index in [4.69, 9.17) is 8.84 Å². The van der Waals surface area contributed by atoms with Gasteiger partial charge in [-0.05, 0) is 48.0 Å². The van der Waals surface area contributed by atoms with E-state index in [0.717, 1.165) is 25.0 Å². The lowest BCUT2D eigenvalue weighted by Crippen LogP contribution is -2.48. The largest absolute Gasteiger partial charge is 0.467 e. The van der Waals surface area contributed by atoms with Crippen molar-refractivity contribution in [3.8, 4) is 0 Å². The quantitative estimate of drug-likeness (QED) is 0.241. The highest BCUT2D eigenvalue weighted by Gasteiger charge is 2.47. The Hall–Kier alpha value is -0.803. The van der Waals surface area contributed by atoms with Crippen LogP contribution in [0.4, 0.5) is 0 Å². The van der Waals surface area contributed by atoms with Gasteiger partial charge in [-0.2, -0.15) is 0 Å². The van der Waals surface area contributed by atoms with Gasteiger partial charge in [0.15, 0.2) is 0 Å². The van der Waals surface area contributed by atoms with Crippen LogP contribution in [0.1, 0.15) is 79.1 Å². The topological polar surface area (TPSA) is 22.4 Å². The molecule has 1 heterocycles. The summed E-state index contributed by atoms with van der Waals surface area (Å²) in [6.45, 7) is 17.8. The first-order valence-corrected chi connectivity index (χ1v) is 11.3. The van der Waals surface area contributed by atoms with Gasteiger partial charge >= 0.3 is 0 Å². The molecule has 0 aliphatic heterocycles. The molecule has 0 N–H and O–H groups in total. The lowest BCUT2D eigenvalue weighted by molar-refractivity contribution is 0.138. The number of unbranched alkanes of at least 4 members (excludes halogenated alkanes) is 2. The van der Waals surface area contributed by atoms with E-state index in [9.17, 15) is 0 Å². The third-order valence-electron chi connectivity index (χ3n) is 5.04. The first kappa shape index (κ1) is 20.2. The zero-order valence-corrected chi connectivity index (χ0v) is 17.0. The van der Waals surface area contributed by atoms with E-state index in [1.54, 1.807) is 6.26 Å². The Morgan fingerprint density at radius 1 is 1.09 bits per heavy atom. The van der Waals surface area contributed by atoms with Crippen LogP contribution in [0.25, 0.3) is 0 Å². The van der Waals surface area contributed by atoms with Crippen LogP contribution >= 0.6 is 0 Å². The lowest BCUT2D eigenvalue weighted by atomic mass is 10.1. The van der Waals surface area contributed by atoms with Gasteiger partial charge in [-0.25, -0.2) is 0 Å². The Kier molecular flexibility index (Phi) is 8.35. The molecular formula is C20H36O2Si. The van der Waals surface area contributed by atoms with Crippen molar-refractivity contribution in [2.45, 2.75) is 90.0 Å². The minimum atomic E-state index is -1.90. The molecule has 0 spiro atoms. The molecule has 0 aromatic carbocycles. The highest BCUT2D eigenvalue weighted by Crippen LogP contribution is 2.46. The molecule has 132 valence electrons. The minimum Gasteiger partial charge on any atom is -0.467 e. The highest BCUT2D eigenvalue weighted by atomic mass is 28.4. The first-order chi connectivity index (χ1) is 10.9. The summed E-state index contributed by atoms with van der Waals surface area (Å²) < 4.78 is 12.7. The van der Waals surface area contributed by atoms with Crippen LogP contribution in [0, 0.1) is 0 Å². The fourth-order valence-corrected chi connectivity index (χ4v) is 9.55. The van der Waals surface area contributed by atoms with Crippen molar-refractivity contribution in [2.75, 3.05) is 0 Å². The normalized spacial score (nSPS) is 14.0. The Bertz CT molecular complexity index is 413. The molecule has 3 heteroatoms. The summed E-state index contributed by atoms with van der Waals surface area (Å²) in [4.78, 5) is 0. The molecular weight excluding hydrogens is 300 g/mol. The minimum absolute atomic E-state index is 0.0914. The summed E-state index contributed by atoms with van der Waals surface area (Å²) in [7, 11) is -1.90. The lowest BCUT2D eigenvalue weighted by Gasteiger charge is -2.44. The van der Waals surface area contributed by atoms with Gasteiger partial charge in [0.2, 0.25) is 8.32 Å². The molecule has 23 heavy (non-hydrogen) atoms. The van der Waals surface area contributed by atoms with E-state index in [0.29, 0.717) is 16.6 Å². The van der Waals surface area contributed by atoms with E-state index in [1.165, 1.54) is 6.42 Å². The number of allylic oxidation sites excluding steroid dienone is 1. The summed E-state index contributed by atoms with van der Waals surface area (Å²) in [5.74, 6) is 0.988. The van der Waals surface area contributed by atoms with Gasteiger partial charge in [0.25, 0.3) is 0 Å². The molecule has 0 amide bonds. The predicted octanol–water partition coefficient (Wildman–Crippen LogP) is 7.26. The third-order valence-corrected chi connectivity index (χ3v) is 11.1. The first-order valence-electron chi connectivity index (χ1n) is 9.18. The van der Waals surface area contributed by atoms with Crippen LogP contribution < -0.4 is 0 Å². The van der Waals surface area contributed by atoms with E-state index in [-0.39, 0.29) is 6.10 Å². The second kappa shape index (κ2) is 9.48. The van der Waals surface area contributed by atoms with Crippen molar-refractivity contribution >= 4 is 8.32 Å². The molecule has 0 saturated carbocycles. The van der Waals surface area contributed by atoms with Gasteiger partial charge in [-0.15, -0.1) is 6.58 Å². The number of hydrogen-bond acceptors (Lipinski definition) is 2. The van der Waals surface area contributed by atoms with Crippen molar-refractivity contribution < 1.29 is 8.84 Å². The van der Waals surface area contributed by atoms with Gasteiger partial charge in [0.05, 0.1) is 6.26 Å². The fourth-order valence-electron chi connectivity index (χ4n) is 4.01. The Labute approximate surface area is 144 Å². The number of rotatable bonds is 11. The summed E-state index contributed by atoms with van der Waals surface area (Å²) in [6.07, 6.45) is 8.28. The molecule has 0 radical (unpaired) electrons. The number of furan rings is 1. The van der Waals surface area contributed by atoms with E-state index in [1.807, 2.05) is 12.1 Å². The van der Waals surface area contributed by atoms with Crippen LogP contribution in [0.5, 0.6) is 0 Å². The second-order valence-electron chi connectivity index (χ2n) is 7.51. The molecule has 1 atom stereocenters. The van der Waals surface area contributed by atoms with Gasteiger partial charge in [0, 0.05) is 0 Å². The summed E-state index contributed by atoms with van der Waals surface area (Å²) in [6, 6.07) is 4.04. The Morgan fingerprint density at radius 3 is 2.13 bits per heavy atom. The maximum Gasteiger partial charge on any atom is 0.201 e. The maximum absolute atomic E-state index is 6.97. The monoisotopic (exact) mass is 336 g/mol. The van der Waals surface area contributed by atoms with Crippen molar-refractivity contribution in [3.63, 3.8) is 0 Å². The van der Waals surface area contributed by atoms with Crippen molar-refractivity contribution in [3.05, 3.63) is 36.8 Å². The van der Waals surface area contributed by atoms with Gasteiger partial charge < -0.3 is 8.84 Å². The molecule has 0 saturated heterocycles. The molecule has 1 unspecified atom stereocenters. The third kappa shape index (κ3) is 5.08. The second-order valence-corrected chi connectivity index (χ2v) is 12.9. The number of hydrogen-bond donors (Lipinski definition) is 0.